The quantitative estimate of drug-likeness (QED) is 0.716. The minimum atomic E-state index is 0.244. The zero-order valence-electron chi connectivity index (χ0n) is 14.8. The standard InChI is InChI=1S/C21H25ClN4/c22-20-10-14(1-2-16(20)12-23)17-9-15-3-6-25-13-19(15)21(11-17)26-18-4-7-24-8-5-18/h2-3,6,9-11,14-15,18-19,24-26H,1,4-5,7-8,13H2. The Morgan fingerprint density at radius 1 is 1.23 bits per heavy atom. The fourth-order valence-electron chi connectivity index (χ4n) is 4.28. The molecule has 2 aliphatic heterocycles. The highest BCUT2D eigenvalue weighted by molar-refractivity contribution is 6.32. The van der Waals surface area contributed by atoms with Gasteiger partial charge in [-0.2, -0.15) is 5.26 Å². The number of nitrogens with zero attached hydrogens (tertiary/aromatic N) is 1. The van der Waals surface area contributed by atoms with E-state index < -0.39 is 0 Å². The third-order valence-corrected chi connectivity index (χ3v) is 6.11. The summed E-state index contributed by atoms with van der Waals surface area (Å²) >= 11 is 6.30. The van der Waals surface area contributed by atoms with Crippen molar-refractivity contribution < 1.29 is 0 Å². The van der Waals surface area contributed by atoms with Gasteiger partial charge in [0.2, 0.25) is 0 Å². The van der Waals surface area contributed by atoms with Gasteiger partial charge < -0.3 is 16.0 Å². The number of fused-ring (bicyclic) bond motifs is 1. The molecule has 4 rings (SSSR count). The summed E-state index contributed by atoms with van der Waals surface area (Å²) in [7, 11) is 0. The predicted molar refractivity (Wildman–Crippen MR) is 105 cm³/mol. The summed E-state index contributed by atoms with van der Waals surface area (Å²) < 4.78 is 0. The van der Waals surface area contributed by atoms with E-state index in [-0.39, 0.29) is 5.92 Å². The van der Waals surface area contributed by atoms with E-state index in [0.717, 1.165) is 26.1 Å². The maximum Gasteiger partial charge on any atom is 0.100 e. The van der Waals surface area contributed by atoms with Crippen LogP contribution < -0.4 is 16.0 Å². The second-order valence-electron chi connectivity index (χ2n) is 7.47. The largest absolute Gasteiger partial charge is 0.390 e. The van der Waals surface area contributed by atoms with E-state index in [9.17, 15) is 0 Å². The highest BCUT2D eigenvalue weighted by atomic mass is 35.5. The summed E-state index contributed by atoms with van der Waals surface area (Å²) in [6.07, 6.45) is 16.2. The molecule has 3 unspecified atom stereocenters. The Morgan fingerprint density at radius 2 is 2.08 bits per heavy atom. The Balaban J connectivity index is 1.58. The van der Waals surface area contributed by atoms with Gasteiger partial charge >= 0.3 is 0 Å². The van der Waals surface area contributed by atoms with Crippen LogP contribution >= 0.6 is 11.6 Å². The van der Waals surface area contributed by atoms with E-state index in [1.807, 2.05) is 12.2 Å². The van der Waals surface area contributed by atoms with Crippen LogP contribution in [-0.2, 0) is 0 Å². The molecule has 0 bridgehead atoms. The molecule has 2 heterocycles. The summed E-state index contributed by atoms with van der Waals surface area (Å²) in [5.74, 6) is 1.12. The van der Waals surface area contributed by atoms with Crippen molar-refractivity contribution in [1.82, 2.24) is 16.0 Å². The van der Waals surface area contributed by atoms with Crippen LogP contribution in [0.3, 0.4) is 0 Å². The molecule has 0 amide bonds. The van der Waals surface area contributed by atoms with Gasteiger partial charge in [0.25, 0.3) is 0 Å². The highest BCUT2D eigenvalue weighted by Gasteiger charge is 2.31. The first-order valence-corrected chi connectivity index (χ1v) is 9.91. The van der Waals surface area contributed by atoms with Crippen molar-refractivity contribution >= 4 is 11.6 Å². The molecule has 26 heavy (non-hydrogen) atoms. The molecule has 4 aliphatic rings. The van der Waals surface area contributed by atoms with Gasteiger partial charge in [-0.3, -0.25) is 0 Å². The minimum Gasteiger partial charge on any atom is -0.390 e. The second-order valence-corrected chi connectivity index (χ2v) is 7.88. The SMILES string of the molecule is N#CC1=CCC(C2=CC3C=CNCC3C(NC3CCNCC3)=C2)C=C1Cl. The number of hydrogen-bond acceptors (Lipinski definition) is 4. The van der Waals surface area contributed by atoms with Gasteiger partial charge in [-0.1, -0.05) is 35.9 Å². The van der Waals surface area contributed by atoms with Crippen LogP contribution in [0, 0.1) is 29.1 Å². The van der Waals surface area contributed by atoms with E-state index >= 15 is 0 Å². The Bertz CT molecular complexity index is 746. The van der Waals surface area contributed by atoms with Crippen LogP contribution in [0.5, 0.6) is 0 Å². The summed E-state index contributed by atoms with van der Waals surface area (Å²) in [6, 6.07) is 2.72. The van der Waals surface area contributed by atoms with Crippen LogP contribution in [-0.4, -0.2) is 25.7 Å². The Kier molecular flexibility index (Phi) is 5.19. The highest BCUT2D eigenvalue weighted by Crippen LogP contribution is 2.37. The van der Waals surface area contributed by atoms with Gasteiger partial charge in [0.05, 0.1) is 10.6 Å². The fourth-order valence-corrected chi connectivity index (χ4v) is 4.55. The van der Waals surface area contributed by atoms with Crippen molar-refractivity contribution in [2.24, 2.45) is 17.8 Å². The number of nitriles is 1. The zero-order valence-corrected chi connectivity index (χ0v) is 15.6. The monoisotopic (exact) mass is 368 g/mol. The van der Waals surface area contributed by atoms with Crippen molar-refractivity contribution in [3.05, 3.63) is 58.5 Å². The van der Waals surface area contributed by atoms with Gasteiger partial charge in [-0.25, -0.2) is 0 Å². The van der Waals surface area contributed by atoms with E-state index in [2.05, 4.69) is 46.4 Å². The van der Waals surface area contributed by atoms with E-state index in [1.165, 1.54) is 24.1 Å². The smallest absolute Gasteiger partial charge is 0.100 e. The topological polar surface area (TPSA) is 59.9 Å². The van der Waals surface area contributed by atoms with E-state index in [4.69, 9.17) is 16.9 Å². The Morgan fingerprint density at radius 3 is 2.85 bits per heavy atom. The molecule has 136 valence electrons. The molecule has 0 saturated carbocycles. The number of piperidine rings is 1. The molecule has 0 spiro atoms. The summed E-state index contributed by atoms with van der Waals surface area (Å²) in [5.41, 5.74) is 3.24. The molecule has 0 aromatic carbocycles. The first-order valence-electron chi connectivity index (χ1n) is 9.53. The Labute approximate surface area is 160 Å². The molecule has 0 radical (unpaired) electrons. The summed E-state index contributed by atoms with van der Waals surface area (Å²) in [4.78, 5) is 0. The molecule has 1 saturated heterocycles. The number of halogens is 1. The van der Waals surface area contributed by atoms with Crippen LogP contribution in [0.2, 0.25) is 0 Å². The lowest BCUT2D eigenvalue weighted by Crippen LogP contribution is -2.44. The van der Waals surface area contributed by atoms with Crippen LogP contribution in [0.1, 0.15) is 19.3 Å². The first kappa shape index (κ1) is 17.5. The molecule has 3 atom stereocenters. The Hall–Kier alpha value is -1.96. The number of allylic oxidation sites excluding steroid dienone is 8. The van der Waals surface area contributed by atoms with Crippen LogP contribution in [0.15, 0.2) is 58.5 Å². The van der Waals surface area contributed by atoms with Crippen molar-refractivity contribution in [2.75, 3.05) is 19.6 Å². The maximum absolute atomic E-state index is 9.14. The molecule has 3 N–H and O–H groups in total. The van der Waals surface area contributed by atoms with Crippen molar-refractivity contribution in [3.8, 4) is 6.07 Å². The maximum atomic E-state index is 9.14. The van der Waals surface area contributed by atoms with Crippen molar-refractivity contribution in [2.45, 2.75) is 25.3 Å². The van der Waals surface area contributed by atoms with Gasteiger partial charge in [0, 0.05) is 36.0 Å². The molecule has 1 fully saturated rings. The van der Waals surface area contributed by atoms with Gasteiger partial charge in [0.1, 0.15) is 6.07 Å². The van der Waals surface area contributed by atoms with Gasteiger partial charge in [-0.15, -0.1) is 0 Å². The molecule has 0 aromatic heterocycles. The van der Waals surface area contributed by atoms with Crippen molar-refractivity contribution in [3.63, 3.8) is 0 Å². The van der Waals surface area contributed by atoms with Gasteiger partial charge in [0.15, 0.2) is 0 Å². The van der Waals surface area contributed by atoms with Crippen LogP contribution in [0.4, 0.5) is 0 Å². The lowest BCUT2D eigenvalue weighted by atomic mass is 9.77. The normalized spacial score (nSPS) is 31.5. The molecular formula is C21H25ClN4. The fraction of sp³-hybridized carbons (Fsp3) is 0.476. The molecule has 4 nitrogen and oxygen atoms in total. The first-order chi connectivity index (χ1) is 12.7. The van der Waals surface area contributed by atoms with Crippen LogP contribution in [0.25, 0.3) is 0 Å². The third kappa shape index (κ3) is 3.60. The zero-order chi connectivity index (χ0) is 17.9. The van der Waals surface area contributed by atoms with Gasteiger partial charge in [-0.05, 0) is 50.2 Å². The van der Waals surface area contributed by atoms with E-state index in [1.54, 1.807) is 0 Å². The summed E-state index contributed by atoms with van der Waals surface area (Å²) in [6.45, 7) is 3.14. The number of rotatable bonds is 3. The summed E-state index contributed by atoms with van der Waals surface area (Å²) in [5, 5.41) is 20.4. The minimum absolute atomic E-state index is 0.244. The van der Waals surface area contributed by atoms with E-state index in [0.29, 0.717) is 28.5 Å². The predicted octanol–water partition coefficient (Wildman–Crippen LogP) is 3.09. The second kappa shape index (κ2) is 7.73. The lowest BCUT2D eigenvalue weighted by molar-refractivity contribution is 0.369. The lowest BCUT2D eigenvalue weighted by Gasteiger charge is -2.37. The number of hydrogen-bond donors (Lipinski definition) is 3. The number of nitrogens with one attached hydrogen (secondary N) is 3. The molecule has 0 aromatic rings. The molecular weight excluding hydrogens is 344 g/mol. The average Bonchev–Trinajstić information content (AvgIpc) is 2.68. The molecule has 5 heteroatoms. The van der Waals surface area contributed by atoms with Crippen molar-refractivity contribution in [1.29, 1.82) is 5.26 Å². The molecule has 2 aliphatic carbocycles. The third-order valence-electron chi connectivity index (χ3n) is 5.78. The average molecular weight is 369 g/mol.